The van der Waals surface area contributed by atoms with E-state index in [1.807, 2.05) is 30.3 Å². The van der Waals surface area contributed by atoms with E-state index in [1.54, 1.807) is 0 Å². The molecule has 0 spiro atoms. The Bertz CT molecular complexity index is 866. The largest absolute Gasteiger partial charge is 0.363 e. The van der Waals surface area contributed by atoms with Gasteiger partial charge in [-0.1, -0.05) is 65.8 Å². The minimum absolute atomic E-state index is 0.159. The number of benzene rings is 2. The maximum atomic E-state index is 12.6. The van der Waals surface area contributed by atoms with Crippen molar-refractivity contribution in [2.75, 3.05) is 6.54 Å². The van der Waals surface area contributed by atoms with Gasteiger partial charge in [-0.3, -0.25) is 4.79 Å². The number of hydrogen-bond acceptors (Lipinski definition) is 3. The van der Waals surface area contributed by atoms with Gasteiger partial charge >= 0.3 is 0 Å². The first kappa shape index (κ1) is 17.5. The smallest absolute Gasteiger partial charge is 0.274 e. The molecule has 1 aromatic heterocycles. The second-order valence-corrected chi connectivity index (χ2v) is 7.28. The number of rotatable bonds is 5. The fourth-order valence-corrected chi connectivity index (χ4v) is 3.97. The van der Waals surface area contributed by atoms with Crippen LogP contribution in [0.1, 0.15) is 47.7 Å². The molecule has 27 heavy (non-hydrogen) atoms. The normalized spacial score (nSPS) is 19.6. The average molecular weight is 360 g/mol. The molecular weight excluding hydrogens is 336 g/mol. The van der Waals surface area contributed by atoms with Crippen molar-refractivity contribution in [3.05, 3.63) is 78.2 Å². The van der Waals surface area contributed by atoms with E-state index in [0.717, 1.165) is 24.0 Å². The van der Waals surface area contributed by atoms with E-state index < -0.39 is 0 Å². The topological polar surface area (TPSA) is 55.1 Å². The standard InChI is InChI=1S/C23H24N2O2/c26-23(22-21(16-27-25-22)20-9-5-2-6-10-20)24-15-17-11-13-19(14-12-17)18-7-3-1-4-8-18/h1-10,16-17,19H,11-15H2,(H,24,26). The Labute approximate surface area is 159 Å². The highest BCUT2D eigenvalue weighted by Gasteiger charge is 2.24. The molecule has 1 saturated carbocycles. The van der Waals surface area contributed by atoms with Crippen LogP contribution in [0.2, 0.25) is 0 Å². The van der Waals surface area contributed by atoms with Crippen LogP contribution in [0.25, 0.3) is 11.1 Å². The third-order valence-corrected chi connectivity index (χ3v) is 5.54. The second-order valence-electron chi connectivity index (χ2n) is 7.28. The molecule has 138 valence electrons. The maximum Gasteiger partial charge on any atom is 0.274 e. The molecule has 0 atom stereocenters. The average Bonchev–Trinajstić information content (AvgIpc) is 3.24. The summed E-state index contributed by atoms with van der Waals surface area (Å²) in [5.41, 5.74) is 3.47. The highest BCUT2D eigenvalue weighted by molar-refractivity contribution is 5.98. The fourth-order valence-electron chi connectivity index (χ4n) is 3.97. The summed E-state index contributed by atoms with van der Waals surface area (Å²) in [6.07, 6.45) is 6.19. The van der Waals surface area contributed by atoms with E-state index in [-0.39, 0.29) is 5.91 Å². The van der Waals surface area contributed by atoms with E-state index >= 15 is 0 Å². The van der Waals surface area contributed by atoms with Gasteiger partial charge < -0.3 is 9.84 Å². The molecule has 2 aromatic carbocycles. The summed E-state index contributed by atoms with van der Waals surface area (Å²) >= 11 is 0. The van der Waals surface area contributed by atoms with Gasteiger partial charge in [-0.25, -0.2) is 0 Å². The number of carbonyl (C=O) groups is 1. The van der Waals surface area contributed by atoms with Crippen LogP contribution in [-0.4, -0.2) is 17.6 Å². The molecule has 1 heterocycles. The zero-order valence-corrected chi connectivity index (χ0v) is 15.3. The maximum absolute atomic E-state index is 12.6. The molecule has 4 rings (SSSR count). The van der Waals surface area contributed by atoms with Crippen LogP contribution in [-0.2, 0) is 0 Å². The molecule has 1 amide bonds. The summed E-state index contributed by atoms with van der Waals surface area (Å²) in [4.78, 5) is 12.6. The minimum atomic E-state index is -0.159. The van der Waals surface area contributed by atoms with Gasteiger partial charge in [0.15, 0.2) is 5.69 Å². The minimum Gasteiger partial charge on any atom is -0.363 e. The molecule has 0 aliphatic heterocycles. The molecule has 3 aromatic rings. The van der Waals surface area contributed by atoms with Gasteiger partial charge in [-0.2, -0.15) is 0 Å². The first-order valence-electron chi connectivity index (χ1n) is 9.64. The third kappa shape index (κ3) is 4.11. The van der Waals surface area contributed by atoms with Crippen molar-refractivity contribution in [3.8, 4) is 11.1 Å². The van der Waals surface area contributed by atoms with Crippen molar-refractivity contribution >= 4 is 5.91 Å². The van der Waals surface area contributed by atoms with E-state index in [1.165, 1.54) is 24.7 Å². The second kappa shape index (κ2) is 8.21. The number of amides is 1. The summed E-state index contributed by atoms with van der Waals surface area (Å²) in [5, 5.41) is 6.98. The van der Waals surface area contributed by atoms with Crippen LogP contribution in [0.3, 0.4) is 0 Å². The van der Waals surface area contributed by atoms with Crippen molar-refractivity contribution in [2.24, 2.45) is 5.92 Å². The van der Waals surface area contributed by atoms with Crippen molar-refractivity contribution in [1.82, 2.24) is 10.5 Å². The number of hydrogen-bond donors (Lipinski definition) is 1. The van der Waals surface area contributed by atoms with Gasteiger partial charge in [0.1, 0.15) is 6.26 Å². The summed E-state index contributed by atoms with van der Waals surface area (Å²) in [5.74, 6) is 1.02. The Morgan fingerprint density at radius 1 is 0.963 bits per heavy atom. The molecule has 1 fully saturated rings. The zero-order valence-electron chi connectivity index (χ0n) is 15.3. The first-order chi connectivity index (χ1) is 13.3. The molecule has 0 bridgehead atoms. The van der Waals surface area contributed by atoms with Crippen LogP contribution < -0.4 is 5.32 Å². The molecule has 0 unspecified atom stereocenters. The van der Waals surface area contributed by atoms with Gasteiger partial charge in [-0.05, 0) is 48.6 Å². The summed E-state index contributed by atoms with van der Waals surface area (Å²) in [6.45, 7) is 0.696. The number of nitrogens with one attached hydrogen (secondary N) is 1. The monoisotopic (exact) mass is 360 g/mol. The Kier molecular flexibility index (Phi) is 5.33. The number of carbonyl (C=O) groups excluding carboxylic acids is 1. The molecule has 1 N–H and O–H groups in total. The Hall–Kier alpha value is -2.88. The predicted octanol–water partition coefficient (Wildman–Crippen LogP) is 5.05. The molecular formula is C23H24N2O2. The van der Waals surface area contributed by atoms with Gasteiger partial charge in [-0.15, -0.1) is 0 Å². The number of aromatic nitrogens is 1. The fraction of sp³-hybridized carbons (Fsp3) is 0.304. The Morgan fingerprint density at radius 2 is 1.63 bits per heavy atom. The number of nitrogens with zero attached hydrogens (tertiary/aromatic N) is 1. The van der Waals surface area contributed by atoms with E-state index in [0.29, 0.717) is 24.1 Å². The van der Waals surface area contributed by atoms with Crippen LogP contribution >= 0.6 is 0 Å². The van der Waals surface area contributed by atoms with Crippen LogP contribution in [0, 0.1) is 5.92 Å². The summed E-state index contributed by atoms with van der Waals surface area (Å²) in [6, 6.07) is 20.5. The molecule has 4 nitrogen and oxygen atoms in total. The van der Waals surface area contributed by atoms with E-state index in [2.05, 4.69) is 40.8 Å². The summed E-state index contributed by atoms with van der Waals surface area (Å²) < 4.78 is 5.07. The van der Waals surface area contributed by atoms with Crippen LogP contribution in [0.5, 0.6) is 0 Å². The predicted molar refractivity (Wildman–Crippen MR) is 105 cm³/mol. The third-order valence-electron chi connectivity index (χ3n) is 5.54. The van der Waals surface area contributed by atoms with Crippen molar-refractivity contribution in [2.45, 2.75) is 31.6 Å². The molecule has 1 aliphatic rings. The van der Waals surface area contributed by atoms with Crippen molar-refractivity contribution < 1.29 is 9.32 Å². The zero-order chi connectivity index (χ0) is 18.5. The van der Waals surface area contributed by atoms with Gasteiger partial charge in [0.25, 0.3) is 5.91 Å². The van der Waals surface area contributed by atoms with Gasteiger partial charge in [0, 0.05) is 6.54 Å². The first-order valence-corrected chi connectivity index (χ1v) is 9.64. The van der Waals surface area contributed by atoms with Crippen LogP contribution in [0.4, 0.5) is 0 Å². The SMILES string of the molecule is O=C(NCC1CCC(c2ccccc2)CC1)c1nocc1-c1ccccc1. The lowest BCUT2D eigenvalue weighted by Crippen LogP contribution is -2.31. The molecule has 0 radical (unpaired) electrons. The van der Waals surface area contributed by atoms with Crippen LogP contribution in [0.15, 0.2) is 71.4 Å². The van der Waals surface area contributed by atoms with Crippen molar-refractivity contribution in [1.29, 1.82) is 0 Å². The van der Waals surface area contributed by atoms with Gasteiger partial charge in [0.05, 0.1) is 5.56 Å². The lowest BCUT2D eigenvalue weighted by Gasteiger charge is -2.28. The molecule has 1 aliphatic carbocycles. The van der Waals surface area contributed by atoms with Gasteiger partial charge in [0.2, 0.25) is 0 Å². The van der Waals surface area contributed by atoms with Crippen molar-refractivity contribution in [3.63, 3.8) is 0 Å². The molecule has 0 saturated heterocycles. The lowest BCUT2D eigenvalue weighted by molar-refractivity contribution is 0.0934. The Morgan fingerprint density at radius 3 is 2.33 bits per heavy atom. The quantitative estimate of drug-likeness (QED) is 0.693. The lowest BCUT2D eigenvalue weighted by atomic mass is 9.79. The highest BCUT2D eigenvalue weighted by atomic mass is 16.5. The molecule has 4 heteroatoms. The summed E-state index contributed by atoms with van der Waals surface area (Å²) in [7, 11) is 0. The highest BCUT2D eigenvalue weighted by Crippen LogP contribution is 2.35. The Balaban J connectivity index is 1.32. The van der Waals surface area contributed by atoms with E-state index in [9.17, 15) is 4.79 Å². The van der Waals surface area contributed by atoms with E-state index in [4.69, 9.17) is 4.52 Å².